The summed E-state index contributed by atoms with van der Waals surface area (Å²) in [6.45, 7) is 3.85. The van der Waals surface area contributed by atoms with Crippen molar-refractivity contribution < 1.29 is 10.2 Å². The van der Waals surface area contributed by atoms with Crippen molar-refractivity contribution in [2.45, 2.75) is 13.8 Å². The van der Waals surface area contributed by atoms with Gasteiger partial charge >= 0.3 is 0 Å². The van der Waals surface area contributed by atoms with Crippen molar-refractivity contribution in [3.63, 3.8) is 0 Å². The van der Waals surface area contributed by atoms with E-state index in [0.717, 1.165) is 22.5 Å². The van der Waals surface area contributed by atoms with Crippen LogP contribution >= 0.6 is 0 Å². The van der Waals surface area contributed by atoms with E-state index in [0.29, 0.717) is 11.1 Å². The molecule has 3 aromatic carbocycles. The largest absolute Gasteiger partial charge is 0.507 e. The summed E-state index contributed by atoms with van der Waals surface area (Å²) in [6.07, 6.45) is 3.27. The van der Waals surface area contributed by atoms with Crippen LogP contribution in [0, 0.1) is 13.8 Å². The second-order valence-electron chi connectivity index (χ2n) is 6.16. The normalized spacial score (nSPS) is 11.5. The lowest BCUT2D eigenvalue weighted by Gasteiger charge is -2.01. The Hall–Kier alpha value is -3.40. The summed E-state index contributed by atoms with van der Waals surface area (Å²) >= 11 is 0. The number of phenolic OH excluding ortho intramolecular Hbond substituents is 2. The third-order valence-corrected chi connectivity index (χ3v) is 3.93. The van der Waals surface area contributed by atoms with Gasteiger partial charge in [-0.25, -0.2) is 0 Å². The summed E-state index contributed by atoms with van der Waals surface area (Å²) in [7, 11) is 0. The van der Waals surface area contributed by atoms with Crippen LogP contribution < -0.4 is 0 Å². The molecular weight excluding hydrogens is 324 g/mol. The van der Waals surface area contributed by atoms with Gasteiger partial charge in [-0.15, -0.1) is 0 Å². The molecule has 130 valence electrons. The number of rotatable bonds is 4. The first-order chi connectivity index (χ1) is 12.5. The molecule has 0 unspecified atom stereocenters. The third-order valence-electron chi connectivity index (χ3n) is 3.93. The number of hydrogen-bond donors (Lipinski definition) is 2. The Balaban J connectivity index is 1.72. The Labute approximate surface area is 152 Å². The quantitative estimate of drug-likeness (QED) is 0.638. The molecule has 3 aromatic rings. The van der Waals surface area contributed by atoms with E-state index in [1.165, 1.54) is 0 Å². The molecule has 0 aromatic heterocycles. The number of nitrogens with zero attached hydrogens (tertiary/aromatic N) is 2. The minimum absolute atomic E-state index is 0.216. The topological polar surface area (TPSA) is 65.2 Å². The maximum Gasteiger partial charge on any atom is 0.124 e. The zero-order valence-electron chi connectivity index (χ0n) is 14.7. The van der Waals surface area contributed by atoms with Crippen molar-refractivity contribution in [1.29, 1.82) is 0 Å². The molecular formula is C22H20N2O2. The van der Waals surface area contributed by atoms with Gasteiger partial charge < -0.3 is 10.2 Å². The van der Waals surface area contributed by atoms with E-state index in [1.807, 2.05) is 62.4 Å². The molecule has 0 saturated carbocycles. The Kier molecular flexibility index (Phi) is 5.13. The van der Waals surface area contributed by atoms with Gasteiger partial charge in [0.25, 0.3) is 0 Å². The van der Waals surface area contributed by atoms with E-state index < -0.39 is 0 Å². The molecule has 4 nitrogen and oxygen atoms in total. The zero-order chi connectivity index (χ0) is 18.5. The minimum atomic E-state index is 0.216. The van der Waals surface area contributed by atoms with Crippen LogP contribution in [0.3, 0.4) is 0 Å². The van der Waals surface area contributed by atoms with Crippen molar-refractivity contribution in [1.82, 2.24) is 0 Å². The van der Waals surface area contributed by atoms with Crippen LogP contribution in [0.25, 0.3) is 0 Å². The van der Waals surface area contributed by atoms with Crippen molar-refractivity contribution >= 4 is 23.8 Å². The molecule has 4 heteroatoms. The smallest absolute Gasteiger partial charge is 0.124 e. The Morgan fingerprint density at radius 2 is 1.00 bits per heavy atom. The van der Waals surface area contributed by atoms with Crippen LogP contribution in [-0.4, -0.2) is 22.6 Å². The average Bonchev–Trinajstić information content (AvgIpc) is 2.61. The van der Waals surface area contributed by atoms with Gasteiger partial charge in [0, 0.05) is 23.6 Å². The van der Waals surface area contributed by atoms with Gasteiger partial charge in [0.2, 0.25) is 0 Å². The van der Waals surface area contributed by atoms with Gasteiger partial charge in [-0.1, -0.05) is 12.1 Å². The van der Waals surface area contributed by atoms with E-state index in [-0.39, 0.29) is 11.5 Å². The lowest BCUT2D eigenvalue weighted by atomic mass is 10.1. The van der Waals surface area contributed by atoms with E-state index in [4.69, 9.17) is 0 Å². The fourth-order valence-electron chi connectivity index (χ4n) is 2.44. The lowest BCUT2D eigenvalue weighted by Crippen LogP contribution is -1.83. The highest BCUT2D eigenvalue weighted by Crippen LogP contribution is 2.22. The summed E-state index contributed by atoms with van der Waals surface area (Å²) in [5.41, 5.74) is 4.88. The van der Waals surface area contributed by atoms with Crippen LogP contribution in [0.4, 0.5) is 11.4 Å². The number of hydrogen-bond acceptors (Lipinski definition) is 4. The maximum atomic E-state index is 9.90. The number of phenols is 2. The highest BCUT2D eigenvalue weighted by molar-refractivity contribution is 5.86. The minimum Gasteiger partial charge on any atom is -0.507 e. The molecule has 0 aliphatic rings. The van der Waals surface area contributed by atoms with Crippen LogP contribution in [-0.2, 0) is 0 Å². The first-order valence-electron chi connectivity index (χ1n) is 8.29. The molecule has 3 rings (SSSR count). The number of aliphatic imine (C=N–C) groups is 2. The highest BCUT2D eigenvalue weighted by atomic mass is 16.3. The molecule has 2 N–H and O–H groups in total. The maximum absolute atomic E-state index is 9.90. The second kappa shape index (κ2) is 7.66. The molecule has 0 fully saturated rings. The SMILES string of the molecule is Cc1ccc(C=Nc2ccc(N=Cc3ccc(C)cc3O)cc2)c(O)c1. The summed E-state index contributed by atoms with van der Waals surface area (Å²) in [6, 6.07) is 18.3. The van der Waals surface area contributed by atoms with Gasteiger partial charge in [-0.3, -0.25) is 9.98 Å². The zero-order valence-corrected chi connectivity index (χ0v) is 14.7. The molecule has 0 heterocycles. The molecule has 0 atom stereocenters. The van der Waals surface area contributed by atoms with Crippen molar-refractivity contribution in [2.75, 3.05) is 0 Å². The summed E-state index contributed by atoms with van der Waals surface area (Å²) in [5.74, 6) is 0.431. The van der Waals surface area contributed by atoms with Gasteiger partial charge in [0.05, 0.1) is 11.4 Å². The Morgan fingerprint density at radius 1 is 0.615 bits per heavy atom. The molecule has 0 radical (unpaired) electrons. The first-order valence-corrected chi connectivity index (χ1v) is 8.29. The molecule has 0 saturated heterocycles. The van der Waals surface area contributed by atoms with Crippen molar-refractivity contribution in [3.05, 3.63) is 82.9 Å². The van der Waals surface area contributed by atoms with Crippen LogP contribution in [0.5, 0.6) is 11.5 Å². The first kappa shape index (κ1) is 17.4. The molecule has 26 heavy (non-hydrogen) atoms. The van der Waals surface area contributed by atoms with Crippen LogP contribution in [0.1, 0.15) is 22.3 Å². The van der Waals surface area contributed by atoms with Crippen molar-refractivity contribution in [2.24, 2.45) is 9.98 Å². The third kappa shape index (κ3) is 4.36. The van der Waals surface area contributed by atoms with E-state index in [2.05, 4.69) is 9.98 Å². The predicted molar refractivity (Wildman–Crippen MR) is 107 cm³/mol. The standard InChI is InChI=1S/C22H20N2O2/c1-15-3-5-17(21(25)11-15)13-23-19-7-9-20(10-8-19)24-14-18-6-4-16(2)12-22(18)26/h3-14,25-26H,1-2H3. The van der Waals surface area contributed by atoms with Crippen LogP contribution in [0.2, 0.25) is 0 Å². The molecule has 0 aliphatic carbocycles. The average molecular weight is 344 g/mol. The van der Waals surface area contributed by atoms with Gasteiger partial charge in [0.15, 0.2) is 0 Å². The van der Waals surface area contributed by atoms with Gasteiger partial charge in [-0.2, -0.15) is 0 Å². The summed E-state index contributed by atoms with van der Waals surface area (Å²) in [5, 5.41) is 19.8. The molecule has 0 bridgehead atoms. The van der Waals surface area contributed by atoms with E-state index >= 15 is 0 Å². The number of benzene rings is 3. The van der Waals surface area contributed by atoms with E-state index in [1.54, 1.807) is 24.6 Å². The second-order valence-corrected chi connectivity index (χ2v) is 6.16. The summed E-state index contributed by atoms with van der Waals surface area (Å²) < 4.78 is 0. The van der Waals surface area contributed by atoms with Gasteiger partial charge in [-0.05, 0) is 73.5 Å². The highest BCUT2D eigenvalue weighted by Gasteiger charge is 1.99. The van der Waals surface area contributed by atoms with Crippen molar-refractivity contribution in [3.8, 4) is 11.5 Å². The number of aromatic hydroxyl groups is 2. The fourth-order valence-corrected chi connectivity index (χ4v) is 2.44. The number of aryl methyl sites for hydroxylation is 2. The monoisotopic (exact) mass is 344 g/mol. The predicted octanol–water partition coefficient (Wildman–Crippen LogP) is 5.22. The molecule has 0 aliphatic heterocycles. The van der Waals surface area contributed by atoms with E-state index in [9.17, 15) is 10.2 Å². The molecule has 0 amide bonds. The fraction of sp³-hybridized carbons (Fsp3) is 0.0909. The van der Waals surface area contributed by atoms with Crippen LogP contribution in [0.15, 0.2) is 70.6 Å². The Morgan fingerprint density at radius 3 is 1.35 bits per heavy atom. The Bertz CT molecular complexity index is 893. The summed E-state index contributed by atoms with van der Waals surface area (Å²) in [4.78, 5) is 8.75. The van der Waals surface area contributed by atoms with Gasteiger partial charge in [0.1, 0.15) is 11.5 Å². The lowest BCUT2D eigenvalue weighted by molar-refractivity contribution is 0.473. The molecule has 0 spiro atoms.